The molecule has 1 aromatic carbocycles. The molecule has 72 valence electrons. The first-order chi connectivity index (χ1) is 6.63. The normalized spacial score (nSPS) is 15.3. The van der Waals surface area contributed by atoms with E-state index in [0.717, 1.165) is 5.39 Å². The number of furan rings is 1. The number of hydrogen-bond acceptors (Lipinski definition) is 3. The number of carbonyl (C=O) groups is 1. The highest BCUT2D eigenvalue weighted by Gasteiger charge is 2.26. The van der Waals surface area contributed by atoms with Gasteiger partial charge in [0.05, 0.1) is 0 Å². The van der Waals surface area contributed by atoms with Gasteiger partial charge in [0.15, 0.2) is 11.9 Å². The molecule has 0 bridgehead atoms. The zero-order chi connectivity index (χ0) is 10.2. The Morgan fingerprint density at radius 3 is 2.79 bits per heavy atom. The minimum atomic E-state index is -1.54. The molecule has 0 aliphatic heterocycles. The summed E-state index contributed by atoms with van der Waals surface area (Å²) in [5, 5.41) is 10.5. The van der Waals surface area contributed by atoms with E-state index in [4.69, 9.17) is 4.42 Å². The van der Waals surface area contributed by atoms with Gasteiger partial charge in [-0.1, -0.05) is 18.2 Å². The minimum Gasteiger partial charge on any atom is -0.458 e. The number of benzene rings is 1. The molecular formula is C11H10O3. The lowest BCUT2D eigenvalue weighted by molar-refractivity contribution is -0.124. The van der Waals surface area contributed by atoms with E-state index in [2.05, 4.69) is 0 Å². The van der Waals surface area contributed by atoms with Crippen LogP contribution in [0.1, 0.15) is 12.7 Å². The lowest BCUT2D eigenvalue weighted by atomic mass is 10.1. The fourth-order valence-corrected chi connectivity index (χ4v) is 1.29. The molecule has 0 amide bonds. The van der Waals surface area contributed by atoms with E-state index >= 15 is 0 Å². The molecule has 1 heterocycles. The molecule has 1 aromatic heterocycles. The maximum Gasteiger partial charge on any atom is 0.174 e. The lowest BCUT2D eigenvalue weighted by Crippen LogP contribution is -2.21. The number of carbonyl (C=O) groups excluding carboxylic acids is 1. The molecule has 3 nitrogen and oxygen atoms in total. The number of para-hydroxylation sites is 1. The molecule has 0 fully saturated rings. The first kappa shape index (κ1) is 8.97. The zero-order valence-corrected chi connectivity index (χ0v) is 7.73. The van der Waals surface area contributed by atoms with Crippen LogP contribution in [0.15, 0.2) is 34.7 Å². The van der Waals surface area contributed by atoms with Gasteiger partial charge < -0.3 is 9.52 Å². The predicted octanol–water partition coefficient (Wildman–Crippen LogP) is 1.84. The summed E-state index contributed by atoms with van der Waals surface area (Å²) in [4.78, 5) is 10.6. The van der Waals surface area contributed by atoms with Gasteiger partial charge in [0.25, 0.3) is 0 Å². The molecule has 2 rings (SSSR count). The molecule has 1 N–H and O–H groups in total. The third-order valence-electron chi connectivity index (χ3n) is 2.15. The van der Waals surface area contributed by atoms with E-state index in [1.54, 1.807) is 12.1 Å². The van der Waals surface area contributed by atoms with Gasteiger partial charge in [0, 0.05) is 5.39 Å². The second-order valence-electron chi connectivity index (χ2n) is 3.41. The molecule has 0 saturated carbocycles. The van der Waals surface area contributed by atoms with E-state index < -0.39 is 5.60 Å². The van der Waals surface area contributed by atoms with Crippen molar-refractivity contribution in [2.75, 3.05) is 0 Å². The summed E-state index contributed by atoms with van der Waals surface area (Å²) >= 11 is 0. The Balaban J connectivity index is 2.60. The first-order valence-corrected chi connectivity index (χ1v) is 4.31. The van der Waals surface area contributed by atoms with Crippen LogP contribution in [0.4, 0.5) is 0 Å². The van der Waals surface area contributed by atoms with Crippen LogP contribution in [0.5, 0.6) is 0 Å². The summed E-state index contributed by atoms with van der Waals surface area (Å²) in [5.74, 6) is 0.272. The average Bonchev–Trinajstić information content (AvgIpc) is 2.61. The molecule has 0 saturated heterocycles. The van der Waals surface area contributed by atoms with E-state index in [9.17, 15) is 9.90 Å². The Hall–Kier alpha value is -1.61. The van der Waals surface area contributed by atoms with Gasteiger partial charge in [0.2, 0.25) is 0 Å². The topological polar surface area (TPSA) is 50.4 Å². The van der Waals surface area contributed by atoms with Gasteiger partial charge in [-0.2, -0.15) is 0 Å². The number of rotatable bonds is 2. The van der Waals surface area contributed by atoms with Crippen LogP contribution >= 0.6 is 0 Å². The van der Waals surface area contributed by atoms with Crippen LogP contribution in [0.2, 0.25) is 0 Å². The van der Waals surface area contributed by atoms with Crippen molar-refractivity contribution >= 4 is 17.3 Å². The maximum absolute atomic E-state index is 10.6. The highest BCUT2D eigenvalue weighted by Crippen LogP contribution is 2.26. The summed E-state index contributed by atoms with van der Waals surface area (Å²) in [7, 11) is 0. The number of hydrogen-bond donors (Lipinski definition) is 1. The Bertz CT molecular complexity index is 435. The molecule has 3 heteroatoms. The molecule has 0 aliphatic rings. The summed E-state index contributed by atoms with van der Waals surface area (Å²) in [5.41, 5.74) is -0.872. The monoisotopic (exact) mass is 190 g/mol. The number of aldehydes is 1. The highest BCUT2D eigenvalue weighted by atomic mass is 16.4. The number of aliphatic hydroxyl groups is 1. The van der Waals surface area contributed by atoms with Gasteiger partial charge in [0.1, 0.15) is 11.3 Å². The van der Waals surface area contributed by atoms with E-state index in [0.29, 0.717) is 11.9 Å². The minimum absolute atomic E-state index is 0.272. The van der Waals surface area contributed by atoms with Gasteiger partial charge in [-0.25, -0.2) is 0 Å². The summed E-state index contributed by atoms with van der Waals surface area (Å²) in [6, 6.07) is 9.04. The Labute approximate surface area is 81.0 Å². The van der Waals surface area contributed by atoms with Crippen LogP contribution in [0, 0.1) is 0 Å². The largest absolute Gasteiger partial charge is 0.458 e. The summed E-state index contributed by atoms with van der Waals surface area (Å²) in [6.07, 6.45) is 0.463. The van der Waals surface area contributed by atoms with Crippen LogP contribution in [-0.2, 0) is 10.4 Å². The van der Waals surface area contributed by atoms with Crippen molar-refractivity contribution < 1.29 is 14.3 Å². The Morgan fingerprint density at radius 2 is 2.14 bits per heavy atom. The van der Waals surface area contributed by atoms with Gasteiger partial charge in [-0.15, -0.1) is 0 Å². The molecule has 2 aromatic rings. The van der Waals surface area contributed by atoms with E-state index in [1.165, 1.54) is 6.92 Å². The zero-order valence-electron chi connectivity index (χ0n) is 7.73. The van der Waals surface area contributed by atoms with Crippen LogP contribution in [-0.4, -0.2) is 11.4 Å². The highest BCUT2D eigenvalue weighted by molar-refractivity contribution is 5.79. The van der Waals surface area contributed by atoms with Gasteiger partial charge in [-0.3, -0.25) is 4.79 Å². The van der Waals surface area contributed by atoms with Crippen molar-refractivity contribution in [3.63, 3.8) is 0 Å². The molecule has 1 unspecified atom stereocenters. The SMILES string of the molecule is CC(O)(C=O)c1cc2ccccc2o1. The smallest absolute Gasteiger partial charge is 0.174 e. The molecule has 14 heavy (non-hydrogen) atoms. The third-order valence-corrected chi connectivity index (χ3v) is 2.15. The van der Waals surface area contributed by atoms with Crippen molar-refractivity contribution in [3.05, 3.63) is 36.1 Å². The fourth-order valence-electron chi connectivity index (χ4n) is 1.29. The fraction of sp³-hybridized carbons (Fsp3) is 0.182. The summed E-state index contributed by atoms with van der Waals surface area (Å²) in [6.45, 7) is 1.40. The lowest BCUT2D eigenvalue weighted by Gasteiger charge is -2.10. The second-order valence-corrected chi connectivity index (χ2v) is 3.41. The molecule has 0 radical (unpaired) electrons. The van der Waals surface area contributed by atoms with Crippen LogP contribution in [0.3, 0.4) is 0 Å². The molecule has 1 atom stereocenters. The second kappa shape index (κ2) is 2.96. The van der Waals surface area contributed by atoms with E-state index in [1.807, 2.05) is 18.2 Å². The van der Waals surface area contributed by atoms with Crippen molar-refractivity contribution in [2.24, 2.45) is 0 Å². The number of fused-ring (bicyclic) bond motifs is 1. The maximum atomic E-state index is 10.6. The standard InChI is InChI=1S/C11H10O3/c1-11(13,7-12)10-6-8-4-2-3-5-9(8)14-10/h2-7,13H,1H3. The van der Waals surface area contributed by atoms with Crippen molar-refractivity contribution in [3.8, 4) is 0 Å². The third kappa shape index (κ3) is 1.32. The van der Waals surface area contributed by atoms with Crippen molar-refractivity contribution in [1.29, 1.82) is 0 Å². The van der Waals surface area contributed by atoms with Crippen molar-refractivity contribution in [2.45, 2.75) is 12.5 Å². The van der Waals surface area contributed by atoms with Crippen LogP contribution in [0.25, 0.3) is 11.0 Å². The van der Waals surface area contributed by atoms with E-state index in [-0.39, 0.29) is 5.76 Å². The van der Waals surface area contributed by atoms with Gasteiger partial charge in [-0.05, 0) is 19.1 Å². The molecular weight excluding hydrogens is 180 g/mol. The molecule has 0 spiro atoms. The summed E-state index contributed by atoms with van der Waals surface area (Å²) < 4.78 is 5.34. The van der Waals surface area contributed by atoms with Gasteiger partial charge >= 0.3 is 0 Å². The van der Waals surface area contributed by atoms with Crippen molar-refractivity contribution in [1.82, 2.24) is 0 Å². The Kier molecular flexibility index (Phi) is 1.89. The average molecular weight is 190 g/mol. The first-order valence-electron chi connectivity index (χ1n) is 4.31. The predicted molar refractivity (Wildman–Crippen MR) is 51.8 cm³/mol. The quantitative estimate of drug-likeness (QED) is 0.735. The Morgan fingerprint density at radius 1 is 1.43 bits per heavy atom. The molecule has 0 aliphatic carbocycles. The van der Waals surface area contributed by atoms with Crippen LogP contribution < -0.4 is 0 Å².